The van der Waals surface area contributed by atoms with Gasteiger partial charge in [0, 0.05) is 24.0 Å². The molecule has 0 atom stereocenters. The fourth-order valence-corrected chi connectivity index (χ4v) is 3.63. The molecule has 10 heteroatoms. The van der Waals surface area contributed by atoms with Gasteiger partial charge in [0.1, 0.15) is 16.5 Å². The summed E-state index contributed by atoms with van der Waals surface area (Å²) in [5.74, 6) is -2.67. The van der Waals surface area contributed by atoms with Crippen LogP contribution < -0.4 is 14.8 Å². The lowest BCUT2D eigenvalue weighted by Crippen LogP contribution is -2.19. The lowest BCUT2D eigenvalue weighted by atomic mass is 10.3. The molecular formula is C19H19F2NO6S. The average molecular weight is 427 g/mol. The van der Waals surface area contributed by atoms with E-state index in [4.69, 9.17) is 14.2 Å². The summed E-state index contributed by atoms with van der Waals surface area (Å²) in [7, 11) is -1.77. The van der Waals surface area contributed by atoms with E-state index in [2.05, 4.69) is 5.32 Å². The molecule has 0 unspecified atom stereocenters. The van der Waals surface area contributed by atoms with Crippen molar-refractivity contribution in [1.82, 2.24) is 0 Å². The Kier molecular flexibility index (Phi) is 7.16. The van der Waals surface area contributed by atoms with E-state index in [0.29, 0.717) is 23.3 Å². The van der Waals surface area contributed by atoms with Crippen molar-refractivity contribution in [3.05, 3.63) is 59.1 Å². The van der Waals surface area contributed by atoms with Gasteiger partial charge in [-0.2, -0.15) is 0 Å². The van der Waals surface area contributed by atoms with Gasteiger partial charge >= 0.3 is 5.97 Å². The number of sulfone groups is 1. The molecule has 1 N–H and O–H groups in total. The first-order valence-corrected chi connectivity index (χ1v) is 9.78. The molecule has 0 saturated carbocycles. The highest BCUT2D eigenvalue weighted by Crippen LogP contribution is 2.30. The summed E-state index contributed by atoms with van der Waals surface area (Å²) in [6.45, 7) is 1.39. The molecule has 7 nitrogen and oxygen atoms in total. The van der Waals surface area contributed by atoms with E-state index < -0.39 is 37.2 Å². The van der Waals surface area contributed by atoms with Gasteiger partial charge in [-0.25, -0.2) is 22.0 Å². The van der Waals surface area contributed by atoms with Crippen molar-refractivity contribution >= 4 is 21.5 Å². The second kappa shape index (κ2) is 9.37. The molecule has 0 bridgehead atoms. The number of carbonyl (C=O) groups is 1. The number of methoxy groups -OCH3 is 2. The van der Waals surface area contributed by atoms with Gasteiger partial charge in [-0.1, -0.05) is 0 Å². The monoisotopic (exact) mass is 427 g/mol. The fourth-order valence-electron chi connectivity index (χ4n) is 2.33. The number of benzene rings is 2. The standard InChI is InChI=1S/C19H19F2NO6S/c1-4-28-19(23)18(29(24,25)17-8-5-12(20)9-14(17)21)11-22-13-6-7-15(26-2)16(10-13)27-3/h5-11,22H,4H2,1-3H3. The van der Waals surface area contributed by atoms with Crippen LogP contribution in [-0.4, -0.2) is 35.2 Å². The summed E-state index contributed by atoms with van der Waals surface area (Å²) in [6, 6.07) is 6.55. The van der Waals surface area contributed by atoms with E-state index >= 15 is 0 Å². The van der Waals surface area contributed by atoms with Crippen LogP contribution in [0.2, 0.25) is 0 Å². The lowest BCUT2D eigenvalue weighted by Gasteiger charge is -2.12. The number of esters is 1. The molecule has 0 aliphatic rings. The molecule has 2 rings (SSSR count). The molecule has 156 valence electrons. The summed E-state index contributed by atoms with van der Waals surface area (Å²) in [5, 5.41) is 2.64. The Morgan fingerprint density at radius 2 is 1.76 bits per heavy atom. The van der Waals surface area contributed by atoms with Crippen LogP contribution in [0.5, 0.6) is 11.5 Å². The van der Waals surface area contributed by atoms with Crippen molar-refractivity contribution in [3.8, 4) is 11.5 Å². The minimum absolute atomic E-state index is 0.103. The molecule has 29 heavy (non-hydrogen) atoms. The lowest BCUT2D eigenvalue weighted by molar-refractivity contribution is -0.137. The van der Waals surface area contributed by atoms with Gasteiger partial charge in [-0.15, -0.1) is 0 Å². The second-order valence-corrected chi connectivity index (χ2v) is 7.41. The quantitative estimate of drug-likeness (QED) is 0.393. The summed E-state index contributed by atoms with van der Waals surface area (Å²) in [4.78, 5) is 10.5. The van der Waals surface area contributed by atoms with Crippen LogP contribution >= 0.6 is 0 Å². The Morgan fingerprint density at radius 3 is 2.34 bits per heavy atom. The third-order valence-corrected chi connectivity index (χ3v) is 5.48. The van der Waals surface area contributed by atoms with Gasteiger partial charge in [-0.3, -0.25) is 0 Å². The minimum atomic E-state index is -4.64. The first-order chi connectivity index (χ1) is 13.7. The molecule has 0 saturated heterocycles. The summed E-state index contributed by atoms with van der Waals surface area (Å²) in [5.41, 5.74) is 0.360. The molecule has 2 aromatic carbocycles. The molecule has 2 aromatic rings. The molecule has 0 aliphatic carbocycles. The number of halogens is 2. The highest BCUT2D eigenvalue weighted by atomic mass is 32.2. The zero-order chi connectivity index (χ0) is 21.6. The molecule has 0 fully saturated rings. The maximum Gasteiger partial charge on any atom is 0.351 e. The van der Waals surface area contributed by atoms with Crippen molar-refractivity contribution in [2.75, 3.05) is 26.1 Å². The van der Waals surface area contributed by atoms with E-state index in [0.717, 1.165) is 18.3 Å². The van der Waals surface area contributed by atoms with Gasteiger partial charge in [0.2, 0.25) is 9.84 Å². The third-order valence-electron chi connectivity index (χ3n) is 3.70. The Bertz CT molecular complexity index is 1040. The summed E-state index contributed by atoms with van der Waals surface area (Å²) >= 11 is 0. The van der Waals surface area contributed by atoms with Gasteiger partial charge in [-0.05, 0) is 31.2 Å². The smallest absolute Gasteiger partial charge is 0.351 e. The first-order valence-electron chi connectivity index (χ1n) is 8.30. The zero-order valence-electron chi connectivity index (χ0n) is 15.9. The molecular weight excluding hydrogens is 408 g/mol. The van der Waals surface area contributed by atoms with Crippen molar-refractivity contribution in [1.29, 1.82) is 0 Å². The fraction of sp³-hybridized carbons (Fsp3) is 0.211. The van der Waals surface area contributed by atoms with Crippen molar-refractivity contribution in [2.24, 2.45) is 0 Å². The van der Waals surface area contributed by atoms with Crippen molar-refractivity contribution < 1.29 is 36.2 Å². The maximum absolute atomic E-state index is 14.1. The highest BCUT2D eigenvalue weighted by molar-refractivity contribution is 7.96. The Labute approximate surface area is 166 Å². The molecule has 0 spiro atoms. The Morgan fingerprint density at radius 1 is 1.07 bits per heavy atom. The van der Waals surface area contributed by atoms with Crippen LogP contribution in [0.15, 0.2) is 52.4 Å². The van der Waals surface area contributed by atoms with Gasteiger partial charge in [0.25, 0.3) is 0 Å². The van der Waals surface area contributed by atoms with Crippen LogP contribution in [0.25, 0.3) is 0 Å². The van der Waals surface area contributed by atoms with E-state index in [9.17, 15) is 22.0 Å². The number of hydrogen-bond donors (Lipinski definition) is 1. The van der Waals surface area contributed by atoms with Crippen LogP contribution in [0, 0.1) is 11.6 Å². The predicted molar refractivity (Wildman–Crippen MR) is 101 cm³/mol. The molecule has 0 aromatic heterocycles. The number of nitrogens with one attached hydrogen (secondary N) is 1. The number of anilines is 1. The maximum atomic E-state index is 14.1. The predicted octanol–water partition coefficient (Wildman–Crippen LogP) is 3.27. The molecule has 0 aliphatic heterocycles. The highest BCUT2D eigenvalue weighted by Gasteiger charge is 2.31. The van der Waals surface area contributed by atoms with Crippen LogP contribution in [0.4, 0.5) is 14.5 Å². The summed E-state index contributed by atoms with van der Waals surface area (Å²) < 4.78 is 67.9. The van der Waals surface area contributed by atoms with Gasteiger partial charge in [0.05, 0.1) is 20.8 Å². The van der Waals surface area contributed by atoms with Gasteiger partial charge < -0.3 is 19.5 Å². The van der Waals surface area contributed by atoms with E-state index in [1.165, 1.54) is 27.2 Å². The SMILES string of the molecule is CCOC(=O)C(=CNc1ccc(OC)c(OC)c1)S(=O)(=O)c1ccc(F)cc1F. The Balaban J connectivity index is 2.49. The first kappa shape index (κ1) is 22.2. The van der Waals surface area contributed by atoms with Crippen molar-refractivity contribution in [3.63, 3.8) is 0 Å². The molecule has 0 heterocycles. The third kappa shape index (κ3) is 5.02. The number of ether oxygens (including phenoxy) is 3. The Hall–Kier alpha value is -3.14. The minimum Gasteiger partial charge on any atom is -0.493 e. The summed E-state index contributed by atoms with van der Waals surface area (Å²) in [6.07, 6.45) is 0.872. The number of carbonyl (C=O) groups excluding carboxylic acids is 1. The van der Waals surface area contributed by atoms with Crippen LogP contribution in [0.1, 0.15) is 6.92 Å². The van der Waals surface area contributed by atoms with Gasteiger partial charge in [0.15, 0.2) is 16.4 Å². The average Bonchev–Trinajstić information content (AvgIpc) is 2.67. The molecule has 0 amide bonds. The molecule has 0 radical (unpaired) electrons. The van der Waals surface area contributed by atoms with Crippen LogP contribution in [0.3, 0.4) is 0 Å². The number of hydrogen-bond acceptors (Lipinski definition) is 7. The van der Waals surface area contributed by atoms with E-state index in [1.807, 2.05) is 0 Å². The van der Waals surface area contributed by atoms with Crippen molar-refractivity contribution in [2.45, 2.75) is 11.8 Å². The van der Waals surface area contributed by atoms with Crippen LogP contribution in [-0.2, 0) is 19.4 Å². The largest absolute Gasteiger partial charge is 0.493 e. The van der Waals surface area contributed by atoms with E-state index in [1.54, 1.807) is 12.1 Å². The topological polar surface area (TPSA) is 90.9 Å². The second-order valence-electron chi connectivity index (χ2n) is 5.52. The zero-order valence-corrected chi connectivity index (χ0v) is 16.7. The number of rotatable bonds is 8. The van der Waals surface area contributed by atoms with E-state index in [-0.39, 0.29) is 6.61 Å². The normalized spacial score (nSPS) is 11.7.